The number of aryl methyl sites for hydroxylation is 1. The molecule has 0 aromatic heterocycles. The Hall–Kier alpha value is -3.75. The Kier molecular flexibility index (Phi) is 8.30. The van der Waals surface area contributed by atoms with E-state index in [0.29, 0.717) is 35.2 Å². The minimum atomic E-state index is -0.523. The number of rotatable bonds is 9. The molecule has 0 radical (unpaired) electrons. The van der Waals surface area contributed by atoms with Crippen LogP contribution in [0.25, 0.3) is 6.08 Å². The van der Waals surface area contributed by atoms with Crippen LogP contribution < -0.4 is 14.8 Å². The Morgan fingerprint density at radius 1 is 0.972 bits per heavy atom. The third kappa shape index (κ3) is 6.68. The lowest BCUT2D eigenvalue weighted by molar-refractivity contribution is -0.127. The van der Waals surface area contributed by atoms with Crippen molar-refractivity contribution in [3.8, 4) is 11.5 Å². The van der Waals surface area contributed by atoms with Gasteiger partial charge in [-0.15, -0.1) is 0 Å². The summed E-state index contributed by atoms with van der Waals surface area (Å²) < 4.78 is 11.4. The number of imide groups is 1. The van der Waals surface area contributed by atoms with Gasteiger partial charge in [-0.25, -0.2) is 0 Å². The van der Waals surface area contributed by atoms with Crippen LogP contribution in [0.2, 0.25) is 5.02 Å². The number of para-hydroxylation sites is 1. The molecular weight excluding hydrogens is 500 g/mol. The molecule has 0 saturated carbocycles. The van der Waals surface area contributed by atoms with E-state index in [1.807, 2.05) is 37.3 Å². The van der Waals surface area contributed by atoms with Gasteiger partial charge in [0.15, 0.2) is 0 Å². The number of ether oxygens (including phenoxy) is 2. The lowest BCUT2D eigenvalue weighted by Gasteiger charge is -2.13. The summed E-state index contributed by atoms with van der Waals surface area (Å²) in [6.45, 7) is 2.18. The van der Waals surface area contributed by atoms with Gasteiger partial charge in [-0.2, -0.15) is 0 Å². The number of halogens is 1. The Morgan fingerprint density at radius 2 is 1.69 bits per heavy atom. The molecule has 0 spiro atoms. The highest BCUT2D eigenvalue weighted by molar-refractivity contribution is 8.18. The number of carbonyl (C=O) groups excluding carboxylic acids is 3. The minimum absolute atomic E-state index is 0.232. The van der Waals surface area contributed by atoms with Gasteiger partial charge < -0.3 is 14.8 Å². The monoisotopic (exact) mass is 522 g/mol. The number of hydrogen-bond acceptors (Lipinski definition) is 6. The molecule has 1 saturated heterocycles. The fourth-order valence-corrected chi connectivity index (χ4v) is 4.35. The van der Waals surface area contributed by atoms with Crippen molar-refractivity contribution < 1.29 is 23.9 Å². The number of amides is 3. The van der Waals surface area contributed by atoms with Crippen molar-refractivity contribution in [2.45, 2.75) is 6.92 Å². The molecule has 9 heteroatoms. The van der Waals surface area contributed by atoms with Crippen molar-refractivity contribution in [2.24, 2.45) is 0 Å². The number of benzene rings is 3. The first-order chi connectivity index (χ1) is 17.4. The summed E-state index contributed by atoms with van der Waals surface area (Å²) in [5.74, 6) is 0.356. The predicted molar refractivity (Wildman–Crippen MR) is 141 cm³/mol. The van der Waals surface area contributed by atoms with E-state index in [9.17, 15) is 14.4 Å². The molecule has 0 unspecified atom stereocenters. The standard InChI is InChI=1S/C27H23ClN2O5S/c1-18-10-11-20(16-23(18)28)29-25(31)17-30-26(32)24(36-27(30)33)15-19-6-5-9-22(14-19)35-13-12-34-21-7-3-2-4-8-21/h2-11,14-16H,12-13,17H2,1H3,(H,29,31)/b24-15+. The van der Waals surface area contributed by atoms with Gasteiger partial charge in [0.25, 0.3) is 11.1 Å². The molecule has 0 bridgehead atoms. The van der Waals surface area contributed by atoms with Crippen LogP contribution in [-0.4, -0.2) is 41.7 Å². The Balaban J connectivity index is 1.33. The first-order valence-corrected chi connectivity index (χ1v) is 12.3. The molecule has 1 aliphatic rings. The molecule has 0 atom stereocenters. The first kappa shape index (κ1) is 25.3. The molecule has 3 aromatic rings. The molecule has 1 heterocycles. The smallest absolute Gasteiger partial charge is 0.294 e. The molecular formula is C27H23ClN2O5S. The Labute approximate surface area is 218 Å². The molecule has 3 amide bonds. The molecule has 1 fully saturated rings. The average molecular weight is 523 g/mol. The molecule has 1 N–H and O–H groups in total. The maximum atomic E-state index is 12.8. The van der Waals surface area contributed by atoms with Gasteiger partial charge in [0.05, 0.1) is 4.91 Å². The second kappa shape index (κ2) is 11.8. The summed E-state index contributed by atoms with van der Waals surface area (Å²) in [5.41, 5.74) is 2.06. The van der Waals surface area contributed by atoms with Crippen molar-refractivity contribution >= 4 is 52.2 Å². The van der Waals surface area contributed by atoms with Crippen LogP contribution in [0.15, 0.2) is 77.7 Å². The molecule has 184 valence electrons. The van der Waals surface area contributed by atoms with Gasteiger partial charge in [0, 0.05) is 10.7 Å². The molecule has 0 aliphatic carbocycles. The number of hydrogen-bond donors (Lipinski definition) is 1. The molecule has 3 aromatic carbocycles. The van der Waals surface area contributed by atoms with E-state index in [1.54, 1.807) is 48.5 Å². The van der Waals surface area contributed by atoms with Crippen molar-refractivity contribution in [3.63, 3.8) is 0 Å². The summed E-state index contributed by atoms with van der Waals surface area (Å²) in [7, 11) is 0. The first-order valence-electron chi connectivity index (χ1n) is 11.1. The quantitative estimate of drug-likeness (QED) is 0.283. The molecule has 36 heavy (non-hydrogen) atoms. The lowest BCUT2D eigenvalue weighted by Crippen LogP contribution is -2.36. The van der Waals surface area contributed by atoms with E-state index in [-0.39, 0.29) is 4.91 Å². The van der Waals surface area contributed by atoms with E-state index in [2.05, 4.69) is 5.32 Å². The number of nitrogens with zero attached hydrogens (tertiary/aromatic N) is 1. The number of thioether (sulfide) groups is 1. The van der Waals surface area contributed by atoms with E-state index >= 15 is 0 Å². The molecule has 7 nitrogen and oxygen atoms in total. The number of carbonyl (C=O) groups is 3. The maximum absolute atomic E-state index is 12.8. The van der Waals surface area contributed by atoms with Crippen LogP contribution in [0.1, 0.15) is 11.1 Å². The normalized spacial score (nSPS) is 14.3. The van der Waals surface area contributed by atoms with Crippen LogP contribution >= 0.6 is 23.4 Å². The second-order valence-corrected chi connectivity index (χ2v) is 9.26. The van der Waals surface area contributed by atoms with Crippen LogP contribution in [0, 0.1) is 6.92 Å². The van der Waals surface area contributed by atoms with Gasteiger partial charge in [0.1, 0.15) is 31.3 Å². The van der Waals surface area contributed by atoms with Gasteiger partial charge in [-0.05, 0) is 72.3 Å². The minimum Gasteiger partial charge on any atom is -0.490 e. The van der Waals surface area contributed by atoms with Gasteiger partial charge in [0.2, 0.25) is 5.91 Å². The summed E-state index contributed by atoms with van der Waals surface area (Å²) >= 11 is 6.88. The van der Waals surface area contributed by atoms with Crippen LogP contribution in [-0.2, 0) is 9.59 Å². The van der Waals surface area contributed by atoms with E-state index in [1.165, 1.54) is 0 Å². The topological polar surface area (TPSA) is 84.9 Å². The summed E-state index contributed by atoms with van der Waals surface area (Å²) in [4.78, 5) is 38.8. The second-order valence-electron chi connectivity index (χ2n) is 7.86. The van der Waals surface area contributed by atoms with E-state index in [0.717, 1.165) is 28.0 Å². The highest BCUT2D eigenvalue weighted by Gasteiger charge is 2.36. The predicted octanol–water partition coefficient (Wildman–Crippen LogP) is 5.78. The van der Waals surface area contributed by atoms with Gasteiger partial charge in [-0.3, -0.25) is 19.3 Å². The van der Waals surface area contributed by atoms with Gasteiger partial charge >= 0.3 is 0 Å². The summed E-state index contributed by atoms with van der Waals surface area (Å²) in [6.07, 6.45) is 1.61. The maximum Gasteiger partial charge on any atom is 0.294 e. The van der Waals surface area contributed by atoms with Crippen molar-refractivity contribution in [1.29, 1.82) is 0 Å². The summed E-state index contributed by atoms with van der Waals surface area (Å²) in [6, 6.07) is 21.7. The SMILES string of the molecule is Cc1ccc(NC(=O)CN2C(=O)S/C(=C/c3cccc(OCCOc4ccccc4)c3)C2=O)cc1Cl. The summed E-state index contributed by atoms with van der Waals surface area (Å²) in [5, 5.41) is 2.66. The van der Waals surface area contributed by atoms with Crippen LogP contribution in [0.4, 0.5) is 10.5 Å². The van der Waals surface area contributed by atoms with Crippen molar-refractivity contribution in [3.05, 3.63) is 93.9 Å². The number of anilines is 1. The fraction of sp³-hybridized carbons (Fsp3) is 0.148. The van der Waals surface area contributed by atoms with Crippen LogP contribution in [0.3, 0.4) is 0 Å². The number of nitrogens with one attached hydrogen (secondary N) is 1. The van der Waals surface area contributed by atoms with Crippen molar-refractivity contribution in [1.82, 2.24) is 4.90 Å². The largest absolute Gasteiger partial charge is 0.490 e. The van der Waals surface area contributed by atoms with Crippen molar-refractivity contribution in [2.75, 3.05) is 25.1 Å². The zero-order chi connectivity index (χ0) is 25.5. The molecule has 1 aliphatic heterocycles. The fourth-order valence-electron chi connectivity index (χ4n) is 3.33. The lowest BCUT2D eigenvalue weighted by atomic mass is 10.2. The zero-order valence-electron chi connectivity index (χ0n) is 19.4. The van der Waals surface area contributed by atoms with Crippen LogP contribution in [0.5, 0.6) is 11.5 Å². The average Bonchev–Trinajstić information content (AvgIpc) is 3.12. The van der Waals surface area contributed by atoms with Gasteiger partial charge in [-0.1, -0.05) is 48.0 Å². The highest BCUT2D eigenvalue weighted by atomic mass is 35.5. The third-order valence-corrected chi connectivity index (χ3v) is 6.47. The van der Waals surface area contributed by atoms with E-state index in [4.69, 9.17) is 21.1 Å². The zero-order valence-corrected chi connectivity index (χ0v) is 21.0. The Bertz CT molecular complexity index is 1310. The highest BCUT2D eigenvalue weighted by Crippen LogP contribution is 2.32. The molecule has 4 rings (SSSR count). The Morgan fingerprint density at radius 3 is 2.44 bits per heavy atom. The van der Waals surface area contributed by atoms with E-state index < -0.39 is 23.6 Å². The third-order valence-electron chi connectivity index (χ3n) is 5.15.